The number of aromatic nitrogens is 2. The first-order chi connectivity index (χ1) is 15.3. The summed E-state index contributed by atoms with van der Waals surface area (Å²) >= 11 is 1.49. The molecule has 0 fully saturated rings. The molecule has 0 spiro atoms. The number of hydrogen-bond acceptors (Lipinski definition) is 7. The van der Waals surface area contributed by atoms with Crippen molar-refractivity contribution < 1.29 is 10.2 Å². The number of anilines is 2. The van der Waals surface area contributed by atoms with Gasteiger partial charge in [0.1, 0.15) is 11.5 Å². The van der Waals surface area contributed by atoms with Crippen molar-refractivity contribution in [2.75, 3.05) is 44.2 Å². The molecule has 2 aromatic carbocycles. The van der Waals surface area contributed by atoms with Crippen molar-refractivity contribution in [2.45, 2.75) is 5.16 Å². The van der Waals surface area contributed by atoms with Crippen LogP contribution < -0.4 is 9.80 Å². The Kier molecular flexibility index (Phi) is 7.43. The van der Waals surface area contributed by atoms with Crippen molar-refractivity contribution >= 4 is 47.4 Å². The number of rotatable bonds is 7. The van der Waals surface area contributed by atoms with Gasteiger partial charge in [-0.1, -0.05) is 36.0 Å². The fourth-order valence-electron chi connectivity index (χ4n) is 3.09. The molecule has 0 saturated carbocycles. The maximum Gasteiger partial charge on any atom is 0.188 e. The highest BCUT2D eigenvalue weighted by Gasteiger charge is 2.05. The Labute approximate surface area is 193 Å². The summed E-state index contributed by atoms with van der Waals surface area (Å²) in [5.41, 5.74) is 5.04. The summed E-state index contributed by atoms with van der Waals surface area (Å²) in [5, 5.41) is 20.7. The van der Waals surface area contributed by atoms with Crippen molar-refractivity contribution in [3.05, 3.63) is 65.0 Å². The van der Waals surface area contributed by atoms with Gasteiger partial charge in [-0.3, -0.25) is 0 Å². The van der Waals surface area contributed by atoms with Crippen LogP contribution in [0.5, 0.6) is 11.5 Å². The van der Waals surface area contributed by atoms with E-state index < -0.39 is 0 Å². The molecule has 0 aliphatic carbocycles. The lowest BCUT2D eigenvalue weighted by atomic mass is 10.1. The Morgan fingerprint density at radius 3 is 1.50 bits per heavy atom. The number of phenols is 2. The van der Waals surface area contributed by atoms with E-state index in [4.69, 9.17) is 0 Å². The van der Waals surface area contributed by atoms with Crippen molar-refractivity contribution in [3.8, 4) is 11.5 Å². The quantitative estimate of drug-likeness (QED) is 0.386. The van der Waals surface area contributed by atoms with Crippen molar-refractivity contribution in [2.24, 2.45) is 0 Å². The molecule has 0 bridgehead atoms. The van der Waals surface area contributed by atoms with Crippen molar-refractivity contribution in [1.82, 2.24) is 9.97 Å². The molecule has 3 aromatic rings. The Hall–Kier alpha value is -3.45. The summed E-state index contributed by atoms with van der Waals surface area (Å²) in [5.74, 6) is 0.496. The molecule has 7 heteroatoms. The number of aromatic hydroxyl groups is 2. The second-order valence-electron chi connectivity index (χ2n) is 7.66. The standard InChI is InChI=1S/C25H28N4O2S/c1-28(2)21-14-17(8-12-23(21)30)6-10-19-16-20(27-25(26-19)32-5)11-7-18-9-13-24(31)22(15-18)29(3)4/h6-16,30-31H,1-5H3/b10-6+,11-7+. The van der Waals surface area contributed by atoms with E-state index in [2.05, 4.69) is 9.97 Å². The molecule has 1 heterocycles. The van der Waals surface area contributed by atoms with Crippen LogP contribution in [0.1, 0.15) is 22.5 Å². The van der Waals surface area contributed by atoms with Crippen LogP contribution in [0.25, 0.3) is 24.3 Å². The van der Waals surface area contributed by atoms with Crippen LogP contribution in [-0.4, -0.2) is 54.6 Å². The predicted molar refractivity (Wildman–Crippen MR) is 137 cm³/mol. The van der Waals surface area contributed by atoms with E-state index in [1.807, 2.05) is 98.9 Å². The number of hydrogen-bond donors (Lipinski definition) is 2. The van der Waals surface area contributed by atoms with E-state index in [0.29, 0.717) is 5.16 Å². The monoisotopic (exact) mass is 448 g/mol. The SMILES string of the molecule is CSc1nc(/C=C/c2ccc(O)c(N(C)C)c2)cc(/C=C/c2ccc(O)c(N(C)C)c2)n1. The van der Waals surface area contributed by atoms with Gasteiger partial charge < -0.3 is 20.0 Å². The van der Waals surface area contributed by atoms with Gasteiger partial charge in [-0.25, -0.2) is 9.97 Å². The molecule has 0 radical (unpaired) electrons. The fraction of sp³-hybridized carbons (Fsp3) is 0.200. The maximum absolute atomic E-state index is 10.00. The van der Waals surface area contributed by atoms with Gasteiger partial charge in [0.05, 0.1) is 22.8 Å². The third-order valence-electron chi connectivity index (χ3n) is 4.78. The minimum atomic E-state index is 0.248. The van der Waals surface area contributed by atoms with Crippen LogP contribution in [0.4, 0.5) is 11.4 Å². The highest BCUT2D eigenvalue weighted by Crippen LogP contribution is 2.28. The zero-order chi connectivity index (χ0) is 23.3. The molecule has 32 heavy (non-hydrogen) atoms. The lowest BCUT2D eigenvalue weighted by Gasteiger charge is -2.14. The van der Waals surface area contributed by atoms with E-state index in [0.717, 1.165) is 33.9 Å². The molecule has 0 aliphatic heterocycles. The molecule has 166 valence electrons. The van der Waals surface area contributed by atoms with Crippen LogP contribution in [0.2, 0.25) is 0 Å². The molecular formula is C25H28N4O2S. The summed E-state index contributed by atoms with van der Waals surface area (Å²) in [6, 6.07) is 12.9. The van der Waals surface area contributed by atoms with Crippen LogP contribution >= 0.6 is 11.8 Å². The largest absolute Gasteiger partial charge is 0.506 e. The fourth-order valence-corrected chi connectivity index (χ4v) is 3.49. The zero-order valence-electron chi connectivity index (χ0n) is 18.9. The van der Waals surface area contributed by atoms with Gasteiger partial charge in [0.2, 0.25) is 0 Å². The molecule has 3 rings (SSSR count). The first-order valence-electron chi connectivity index (χ1n) is 10.1. The molecule has 0 aliphatic rings. The summed E-state index contributed by atoms with van der Waals surface area (Å²) in [4.78, 5) is 12.9. The minimum Gasteiger partial charge on any atom is -0.506 e. The summed E-state index contributed by atoms with van der Waals surface area (Å²) in [6.45, 7) is 0. The zero-order valence-corrected chi connectivity index (χ0v) is 19.8. The predicted octanol–water partition coefficient (Wildman–Crippen LogP) is 5.08. The molecule has 0 atom stereocenters. The van der Waals surface area contributed by atoms with Crippen molar-refractivity contribution in [3.63, 3.8) is 0 Å². The average molecular weight is 449 g/mol. The Bertz CT molecular complexity index is 1070. The number of benzene rings is 2. The molecular weight excluding hydrogens is 420 g/mol. The Morgan fingerprint density at radius 2 is 1.12 bits per heavy atom. The van der Waals surface area contributed by atoms with Gasteiger partial charge >= 0.3 is 0 Å². The third-order valence-corrected chi connectivity index (χ3v) is 5.33. The first-order valence-corrected chi connectivity index (χ1v) is 11.3. The number of nitrogens with zero attached hydrogens (tertiary/aromatic N) is 4. The van der Waals surface area contributed by atoms with Gasteiger partial charge in [-0.2, -0.15) is 0 Å². The number of thioether (sulfide) groups is 1. The van der Waals surface area contributed by atoms with Gasteiger partial charge in [-0.05, 0) is 59.9 Å². The Morgan fingerprint density at radius 1 is 0.688 bits per heavy atom. The molecule has 0 saturated heterocycles. The van der Waals surface area contributed by atoms with Crippen LogP contribution in [0.3, 0.4) is 0 Å². The first kappa shape index (κ1) is 23.2. The molecule has 6 nitrogen and oxygen atoms in total. The molecule has 1 aromatic heterocycles. The van der Waals surface area contributed by atoms with Crippen LogP contribution in [0.15, 0.2) is 47.6 Å². The van der Waals surface area contributed by atoms with Gasteiger partial charge in [0.15, 0.2) is 5.16 Å². The lowest BCUT2D eigenvalue weighted by Crippen LogP contribution is -2.08. The smallest absolute Gasteiger partial charge is 0.188 e. The summed E-state index contributed by atoms with van der Waals surface area (Å²) < 4.78 is 0. The van der Waals surface area contributed by atoms with E-state index in [1.165, 1.54) is 11.8 Å². The average Bonchev–Trinajstić information content (AvgIpc) is 2.77. The second kappa shape index (κ2) is 10.2. The van der Waals surface area contributed by atoms with Crippen LogP contribution in [0, 0.1) is 0 Å². The third kappa shape index (κ3) is 5.82. The topological polar surface area (TPSA) is 72.7 Å². The Balaban J connectivity index is 1.88. The van der Waals surface area contributed by atoms with E-state index >= 15 is 0 Å². The summed E-state index contributed by atoms with van der Waals surface area (Å²) in [7, 11) is 7.58. The summed E-state index contributed by atoms with van der Waals surface area (Å²) in [6.07, 6.45) is 9.76. The second-order valence-corrected chi connectivity index (χ2v) is 8.43. The number of phenolic OH excluding ortho intramolecular Hbond substituents is 2. The molecule has 2 N–H and O–H groups in total. The molecule has 0 amide bonds. The molecule has 0 unspecified atom stereocenters. The van der Waals surface area contributed by atoms with E-state index in [-0.39, 0.29) is 11.5 Å². The van der Waals surface area contributed by atoms with Gasteiger partial charge in [0, 0.05) is 28.2 Å². The maximum atomic E-state index is 10.00. The van der Waals surface area contributed by atoms with Gasteiger partial charge in [-0.15, -0.1) is 0 Å². The minimum absolute atomic E-state index is 0.248. The van der Waals surface area contributed by atoms with E-state index in [9.17, 15) is 10.2 Å². The lowest BCUT2D eigenvalue weighted by molar-refractivity contribution is 0.475. The highest BCUT2D eigenvalue weighted by atomic mass is 32.2. The van der Waals surface area contributed by atoms with Gasteiger partial charge in [0.25, 0.3) is 0 Å². The van der Waals surface area contributed by atoms with Crippen molar-refractivity contribution in [1.29, 1.82) is 0 Å². The van der Waals surface area contributed by atoms with E-state index in [1.54, 1.807) is 12.1 Å². The normalized spacial score (nSPS) is 11.4. The van der Waals surface area contributed by atoms with Crippen LogP contribution in [-0.2, 0) is 0 Å². The highest BCUT2D eigenvalue weighted by molar-refractivity contribution is 7.98.